The molecular formula is C27H27N3O. The summed E-state index contributed by atoms with van der Waals surface area (Å²) < 4.78 is 2.35. The van der Waals surface area contributed by atoms with Crippen LogP contribution in [-0.2, 0) is 24.2 Å². The predicted molar refractivity (Wildman–Crippen MR) is 127 cm³/mol. The Morgan fingerprint density at radius 1 is 0.903 bits per heavy atom. The molecular weight excluding hydrogens is 382 g/mol. The molecule has 4 nitrogen and oxygen atoms in total. The zero-order valence-electron chi connectivity index (χ0n) is 17.7. The molecule has 0 fully saturated rings. The number of rotatable bonds is 6. The van der Waals surface area contributed by atoms with Crippen LogP contribution in [0.25, 0.3) is 27.4 Å². The SMILES string of the molecule is C=C(NNC(=O)CCn1c2c(c3ccccc31)CCCC2)c1ccc2ccccc2c1. The number of carbonyl (C=O) groups is 1. The maximum Gasteiger partial charge on any atom is 0.240 e. The van der Waals surface area contributed by atoms with Gasteiger partial charge in [-0.1, -0.05) is 61.2 Å². The second-order valence-electron chi connectivity index (χ2n) is 8.26. The number of aromatic nitrogens is 1. The molecule has 1 amide bonds. The Morgan fingerprint density at radius 2 is 1.68 bits per heavy atom. The molecule has 3 aromatic carbocycles. The third-order valence-corrected chi connectivity index (χ3v) is 6.30. The molecule has 4 heteroatoms. The minimum atomic E-state index is -0.0377. The number of hydrogen-bond acceptors (Lipinski definition) is 2. The van der Waals surface area contributed by atoms with Crippen molar-refractivity contribution in [2.45, 2.75) is 38.6 Å². The molecule has 4 aromatic rings. The number of nitrogens with zero attached hydrogens (tertiary/aromatic N) is 1. The van der Waals surface area contributed by atoms with Crippen molar-refractivity contribution in [1.29, 1.82) is 0 Å². The summed E-state index contributed by atoms with van der Waals surface area (Å²) in [5.74, 6) is -0.0377. The number of amides is 1. The van der Waals surface area contributed by atoms with Gasteiger partial charge in [0.1, 0.15) is 0 Å². The smallest absolute Gasteiger partial charge is 0.240 e. The second kappa shape index (κ2) is 8.31. The highest BCUT2D eigenvalue weighted by molar-refractivity contribution is 5.87. The topological polar surface area (TPSA) is 46.1 Å². The van der Waals surface area contributed by atoms with Crippen molar-refractivity contribution in [2.24, 2.45) is 0 Å². The van der Waals surface area contributed by atoms with E-state index in [1.807, 2.05) is 18.2 Å². The Morgan fingerprint density at radius 3 is 2.58 bits per heavy atom. The molecule has 1 heterocycles. The standard InChI is InChI=1S/C27H27N3O/c1-19(21-15-14-20-8-2-3-9-22(20)18-21)28-29-27(31)16-17-30-25-12-6-4-10-23(25)24-11-5-7-13-26(24)30/h2-4,6,8-10,12,14-15,18,28H,1,5,7,11,13,16-17H2,(H,29,31). The second-order valence-corrected chi connectivity index (χ2v) is 8.26. The normalized spacial score (nSPS) is 13.2. The predicted octanol–water partition coefficient (Wildman–Crippen LogP) is 5.36. The van der Waals surface area contributed by atoms with Crippen LogP contribution in [0.1, 0.15) is 36.1 Å². The lowest BCUT2D eigenvalue weighted by Crippen LogP contribution is -2.36. The summed E-state index contributed by atoms with van der Waals surface area (Å²) in [5, 5.41) is 3.68. The maximum atomic E-state index is 12.6. The zero-order chi connectivity index (χ0) is 21.2. The largest absolute Gasteiger partial charge is 0.344 e. The van der Waals surface area contributed by atoms with Gasteiger partial charge >= 0.3 is 0 Å². The quantitative estimate of drug-likeness (QED) is 0.422. The van der Waals surface area contributed by atoms with Gasteiger partial charge < -0.3 is 4.57 Å². The number of fused-ring (bicyclic) bond motifs is 4. The first-order valence-corrected chi connectivity index (χ1v) is 11.0. The molecule has 0 radical (unpaired) electrons. The molecule has 1 aliphatic carbocycles. The van der Waals surface area contributed by atoms with E-state index in [-0.39, 0.29) is 5.91 Å². The first-order chi connectivity index (χ1) is 15.2. The number of hydrogen-bond donors (Lipinski definition) is 2. The minimum Gasteiger partial charge on any atom is -0.344 e. The molecule has 0 aliphatic heterocycles. The van der Waals surface area contributed by atoms with E-state index in [0.717, 1.165) is 23.8 Å². The van der Waals surface area contributed by atoms with Crippen LogP contribution < -0.4 is 10.9 Å². The van der Waals surface area contributed by atoms with Gasteiger partial charge in [-0.3, -0.25) is 15.6 Å². The lowest BCUT2D eigenvalue weighted by atomic mass is 9.95. The van der Waals surface area contributed by atoms with Crippen molar-refractivity contribution < 1.29 is 4.79 Å². The van der Waals surface area contributed by atoms with Crippen molar-refractivity contribution in [3.63, 3.8) is 0 Å². The van der Waals surface area contributed by atoms with Gasteiger partial charge in [0, 0.05) is 29.6 Å². The third-order valence-electron chi connectivity index (χ3n) is 6.30. The highest BCUT2D eigenvalue weighted by Crippen LogP contribution is 2.32. The van der Waals surface area contributed by atoms with E-state index in [1.54, 1.807) is 0 Å². The van der Waals surface area contributed by atoms with Crippen LogP contribution in [0.3, 0.4) is 0 Å². The van der Waals surface area contributed by atoms with Crippen molar-refractivity contribution in [2.75, 3.05) is 0 Å². The number of aryl methyl sites for hydroxylation is 2. The van der Waals surface area contributed by atoms with Gasteiger partial charge in [-0.15, -0.1) is 0 Å². The van der Waals surface area contributed by atoms with Crippen LogP contribution in [0.5, 0.6) is 0 Å². The number of nitrogens with one attached hydrogen (secondary N) is 2. The van der Waals surface area contributed by atoms with Gasteiger partial charge in [-0.2, -0.15) is 0 Å². The lowest BCUT2D eigenvalue weighted by Gasteiger charge is -2.16. The number of hydrazine groups is 1. The fourth-order valence-electron chi connectivity index (χ4n) is 4.71. The summed E-state index contributed by atoms with van der Waals surface area (Å²) >= 11 is 0. The fraction of sp³-hybridized carbons (Fsp3) is 0.222. The maximum absolute atomic E-state index is 12.6. The van der Waals surface area contributed by atoms with E-state index in [4.69, 9.17) is 0 Å². The van der Waals surface area contributed by atoms with Gasteiger partial charge in [0.25, 0.3) is 0 Å². The van der Waals surface area contributed by atoms with E-state index in [2.05, 4.69) is 70.5 Å². The molecule has 0 spiro atoms. The molecule has 0 unspecified atom stereocenters. The van der Waals surface area contributed by atoms with Gasteiger partial charge in [0.05, 0.1) is 5.70 Å². The zero-order valence-corrected chi connectivity index (χ0v) is 17.7. The first kappa shape index (κ1) is 19.4. The van der Waals surface area contributed by atoms with E-state index >= 15 is 0 Å². The van der Waals surface area contributed by atoms with Gasteiger partial charge in [0.2, 0.25) is 5.91 Å². The van der Waals surface area contributed by atoms with Crippen LogP contribution in [0.15, 0.2) is 73.3 Å². The average molecular weight is 410 g/mol. The number of benzene rings is 3. The molecule has 1 aliphatic rings. The molecule has 1 aromatic heterocycles. The number of carbonyl (C=O) groups excluding carboxylic acids is 1. The van der Waals surface area contributed by atoms with Crippen LogP contribution in [-0.4, -0.2) is 10.5 Å². The Hall–Kier alpha value is -3.53. The molecule has 2 N–H and O–H groups in total. The van der Waals surface area contributed by atoms with E-state index in [9.17, 15) is 4.79 Å². The van der Waals surface area contributed by atoms with Crippen LogP contribution in [0.4, 0.5) is 0 Å². The van der Waals surface area contributed by atoms with Gasteiger partial charge in [-0.25, -0.2) is 0 Å². The van der Waals surface area contributed by atoms with Crippen molar-refractivity contribution in [3.05, 3.63) is 90.1 Å². The van der Waals surface area contributed by atoms with Crippen LogP contribution >= 0.6 is 0 Å². The summed E-state index contributed by atoms with van der Waals surface area (Å²) in [6.45, 7) is 4.77. The first-order valence-electron chi connectivity index (χ1n) is 11.0. The summed E-state index contributed by atoms with van der Waals surface area (Å²) in [5.41, 5.74) is 11.6. The van der Waals surface area contributed by atoms with E-state index < -0.39 is 0 Å². The van der Waals surface area contributed by atoms with Gasteiger partial charge in [-0.05, 0) is 59.7 Å². The molecule has 0 saturated carbocycles. The Bertz CT molecular complexity index is 1280. The molecule has 156 valence electrons. The summed E-state index contributed by atoms with van der Waals surface area (Å²) in [6.07, 6.45) is 5.14. The highest BCUT2D eigenvalue weighted by Gasteiger charge is 2.19. The molecule has 0 atom stereocenters. The monoisotopic (exact) mass is 409 g/mol. The summed E-state index contributed by atoms with van der Waals surface area (Å²) in [4.78, 5) is 12.6. The summed E-state index contributed by atoms with van der Waals surface area (Å²) in [6, 6.07) is 22.9. The Balaban J connectivity index is 1.24. The van der Waals surface area contributed by atoms with Crippen molar-refractivity contribution in [1.82, 2.24) is 15.4 Å². The molecule has 0 saturated heterocycles. The van der Waals surface area contributed by atoms with Crippen molar-refractivity contribution >= 4 is 33.3 Å². The lowest BCUT2D eigenvalue weighted by molar-refractivity contribution is -0.121. The minimum absolute atomic E-state index is 0.0377. The van der Waals surface area contributed by atoms with Crippen LogP contribution in [0, 0.1) is 0 Å². The Labute approximate surface area is 182 Å². The Kier molecular flexibility index (Phi) is 5.21. The average Bonchev–Trinajstić information content (AvgIpc) is 3.14. The van der Waals surface area contributed by atoms with E-state index in [0.29, 0.717) is 18.7 Å². The molecule has 5 rings (SSSR count). The van der Waals surface area contributed by atoms with Crippen LogP contribution in [0.2, 0.25) is 0 Å². The van der Waals surface area contributed by atoms with Gasteiger partial charge in [0.15, 0.2) is 0 Å². The number of para-hydroxylation sites is 1. The third kappa shape index (κ3) is 3.81. The molecule has 0 bridgehead atoms. The van der Waals surface area contributed by atoms with Crippen molar-refractivity contribution in [3.8, 4) is 0 Å². The highest BCUT2D eigenvalue weighted by atomic mass is 16.2. The summed E-state index contributed by atoms with van der Waals surface area (Å²) in [7, 11) is 0. The fourth-order valence-corrected chi connectivity index (χ4v) is 4.71. The van der Waals surface area contributed by atoms with E-state index in [1.165, 1.54) is 40.4 Å². The molecule has 31 heavy (non-hydrogen) atoms.